The summed E-state index contributed by atoms with van der Waals surface area (Å²) in [7, 11) is 0. The molecule has 3 nitrogen and oxygen atoms in total. The third-order valence-corrected chi connectivity index (χ3v) is 5.97. The fourth-order valence-electron chi connectivity index (χ4n) is 4.19. The summed E-state index contributed by atoms with van der Waals surface area (Å²) in [5, 5.41) is 0. The quantitative estimate of drug-likeness (QED) is 0.245. The lowest BCUT2D eigenvalue weighted by molar-refractivity contribution is 0.302. The van der Waals surface area contributed by atoms with Crippen LogP contribution in [0.25, 0.3) is 22.2 Å². The molecule has 0 radical (unpaired) electrons. The Morgan fingerprint density at radius 3 is 2.21 bits per heavy atom. The first kappa shape index (κ1) is 21.0. The van der Waals surface area contributed by atoms with E-state index in [4.69, 9.17) is 9.72 Å². The molecule has 0 unspecified atom stereocenters. The lowest BCUT2D eigenvalue weighted by Crippen LogP contribution is -2.08. The molecule has 1 heterocycles. The maximum absolute atomic E-state index is 5.95. The number of hydrogen-bond acceptors (Lipinski definition) is 2. The van der Waals surface area contributed by atoms with Crippen molar-refractivity contribution in [2.24, 2.45) is 0 Å². The van der Waals surface area contributed by atoms with E-state index in [1.165, 1.54) is 27.8 Å². The van der Waals surface area contributed by atoms with Gasteiger partial charge in [-0.2, -0.15) is 0 Å². The zero-order valence-electron chi connectivity index (χ0n) is 18.9. The SMILES string of the molecule is Cc1ccc(OCCCn2c(Cc3ccc(-c4ccccc4)cc3)nc3ccccc32)cc1. The molecule has 0 saturated heterocycles. The van der Waals surface area contributed by atoms with E-state index in [0.29, 0.717) is 6.61 Å². The minimum atomic E-state index is 0.681. The van der Waals surface area contributed by atoms with E-state index in [1.54, 1.807) is 0 Å². The molecule has 0 spiro atoms. The van der Waals surface area contributed by atoms with Crippen LogP contribution >= 0.6 is 0 Å². The predicted octanol–water partition coefficient (Wildman–Crippen LogP) is 7.07. The van der Waals surface area contributed by atoms with Gasteiger partial charge in [0.1, 0.15) is 11.6 Å². The molecule has 0 aliphatic heterocycles. The van der Waals surface area contributed by atoms with Crippen molar-refractivity contribution in [1.29, 1.82) is 0 Å². The van der Waals surface area contributed by atoms with Crippen LogP contribution in [0.5, 0.6) is 5.75 Å². The van der Waals surface area contributed by atoms with Crippen molar-refractivity contribution in [3.8, 4) is 16.9 Å². The third-order valence-electron chi connectivity index (χ3n) is 5.97. The van der Waals surface area contributed by atoms with E-state index in [-0.39, 0.29) is 0 Å². The second-order valence-electron chi connectivity index (χ2n) is 8.42. The van der Waals surface area contributed by atoms with Gasteiger partial charge in [0.2, 0.25) is 0 Å². The molecule has 0 amide bonds. The summed E-state index contributed by atoms with van der Waals surface area (Å²) in [5.41, 5.74) is 7.22. The molecule has 0 saturated carbocycles. The number of nitrogens with zero attached hydrogens (tertiary/aromatic N) is 2. The van der Waals surface area contributed by atoms with E-state index < -0.39 is 0 Å². The van der Waals surface area contributed by atoms with Crippen molar-refractivity contribution in [1.82, 2.24) is 9.55 Å². The van der Waals surface area contributed by atoms with E-state index in [2.05, 4.69) is 96.4 Å². The number of fused-ring (bicyclic) bond motifs is 1. The van der Waals surface area contributed by atoms with Crippen LogP contribution in [0.4, 0.5) is 0 Å². The van der Waals surface area contributed by atoms with Crippen LogP contribution in [0.1, 0.15) is 23.4 Å². The first-order valence-electron chi connectivity index (χ1n) is 11.5. The summed E-state index contributed by atoms with van der Waals surface area (Å²) in [5.74, 6) is 2.02. The van der Waals surface area contributed by atoms with Crippen molar-refractivity contribution >= 4 is 11.0 Å². The summed E-state index contributed by atoms with van der Waals surface area (Å²) in [6, 6.07) is 36.0. The molecule has 5 aromatic rings. The topological polar surface area (TPSA) is 27.1 Å². The van der Waals surface area contributed by atoms with Crippen LogP contribution in [0.15, 0.2) is 103 Å². The van der Waals surface area contributed by atoms with E-state index in [0.717, 1.165) is 36.5 Å². The smallest absolute Gasteiger partial charge is 0.119 e. The van der Waals surface area contributed by atoms with E-state index >= 15 is 0 Å². The molecule has 0 N–H and O–H groups in total. The number of ether oxygens (including phenoxy) is 1. The van der Waals surface area contributed by atoms with Gasteiger partial charge in [-0.25, -0.2) is 4.98 Å². The highest BCUT2D eigenvalue weighted by Gasteiger charge is 2.11. The Hall–Kier alpha value is -3.85. The zero-order chi connectivity index (χ0) is 22.5. The lowest BCUT2D eigenvalue weighted by Gasteiger charge is -2.11. The molecule has 164 valence electrons. The lowest BCUT2D eigenvalue weighted by atomic mass is 10.0. The molecule has 3 heteroatoms. The number of para-hydroxylation sites is 2. The molecule has 0 fully saturated rings. The Labute approximate surface area is 195 Å². The fraction of sp³-hybridized carbons (Fsp3) is 0.167. The normalized spacial score (nSPS) is 11.1. The van der Waals surface area contributed by atoms with Gasteiger partial charge in [0.25, 0.3) is 0 Å². The molecule has 0 bridgehead atoms. The second kappa shape index (κ2) is 9.74. The van der Waals surface area contributed by atoms with Crippen molar-refractivity contribution in [2.45, 2.75) is 26.3 Å². The predicted molar refractivity (Wildman–Crippen MR) is 136 cm³/mol. The average molecular weight is 433 g/mol. The van der Waals surface area contributed by atoms with Crippen molar-refractivity contribution in [3.63, 3.8) is 0 Å². The number of imidazole rings is 1. The van der Waals surface area contributed by atoms with Gasteiger partial charge in [0.15, 0.2) is 0 Å². The van der Waals surface area contributed by atoms with Crippen LogP contribution in [0.3, 0.4) is 0 Å². The average Bonchev–Trinajstić information content (AvgIpc) is 3.21. The highest BCUT2D eigenvalue weighted by molar-refractivity contribution is 5.76. The molecule has 1 aromatic heterocycles. The minimum Gasteiger partial charge on any atom is -0.494 e. The Balaban J connectivity index is 1.30. The number of benzene rings is 4. The van der Waals surface area contributed by atoms with Gasteiger partial charge in [0, 0.05) is 13.0 Å². The second-order valence-corrected chi connectivity index (χ2v) is 8.42. The molecule has 5 rings (SSSR count). The van der Waals surface area contributed by atoms with Gasteiger partial charge < -0.3 is 9.30 Å². The zero-order valence-corrected chi connectivity index (χ0v) is 18.9. The summed E-state index contributed by atoms with van der Waals surface area (Å²) in [4.78, 5) is 4.96. The molecule has 33 heavy (non-hydrogen) atoms. The van der Waals surface area contributed by atoms with Gasteiger partial charge >= 0.3 is 0 Å². The Kier molecular flexibility index (Phi) is 6.21. The summed E-state index contributed by atoms with van der Waals surface area (Å²) in [6.45, 7) is 3.65. The number of hydrogen-bond donors (Lipinski definition) is 0. The van der Waals surface area contributed by atoms with Gasteiger partial charge in [0.05, 0.1) is 17.6 Å². The molecular formula is C30H28N2O. The van der Waals surface area contributed by atoms with Crippen molar-refractivity contribution in [3.05, 3.63) is 120 Å². The summed E-state index contributed by atoms with van der Waals surface area (Å²) < 4.78 is 8.30. The Morgan fingerprint density at radius 2 is 1.42 bits per heavy atom. The van der Waals surface area contributed by atoms with Crippen LogP contribution in [0, 0.1) is 6.92 Å². The minimum absolute atomic E-state index is 0.681. The third kappa shape index (κ3) is 4.98. The van der Waals surface area contributed by atoms with Gasteiger partial charge in [-0.05, 0) is 54.3 Å². The number of aryl methyl sites for hydroxylation is 2. The van der Waals surface area contributed by atoms with Crippen LogP contribution < -0.4 is 4.74 Å². The Bertz CT molecular complexity index is 1320. The maximum Gasteiger partial charge on any atom is 0.119 e. The molecular weight excluding hydrogens is 404 g/mol. The van der Waals surface area contributed by atoms with Gasteiger partial charge in [-0.3, -0.25) is 0 Å². The standard InChI is InChI=1S/C30H28N2O/c1-23-12-18-27(19-13-23)33-21-7-20-32-29-11-6-5-10-28(29)31-30(32)22-24-14-16-26(17-15-24)25-8-3-2-4-9-25/h2-6,8-19H,7,20-22H2,1H3. The highest BCUT2D eigenvalue weighted by Crippen LogP contribution is 2.23. The first-order chi connectivity index (χ1) is 16.3. The Morgan fingerprint density at radius 1 is 0.727 bits per heavy atom. The van der Waals surface area contributed by atoms with Crippen molar-refractivity contribution < 1.29 is 4.74 Å². The van der Waals surface area contributed by atoms with Gasteiger partial charge in [-0.15, -0.1) is 0 Å². The van der Waals surface area contributed by atoms with Crippen LogP contribution in [0.2, 0.25) is 0 Å². The molecule has 4 aromatic carbocycles. The summed E-state index contributed by atoms with van der Waals surface area (Å²) >= 11 is 0. The number of aromatic nitrogens is 2. The van der Waals surface area contributed by atoms with Gasteiger partial charge in [-0.1, -0.05) is 84.4 Å². The van der Waals surface area contributed by atoms with E-state index in [1.807, 2.05) is 18.2 Å². The molecule has 0 atom stereocenters. The van der Waals surface area contributed by atoms with E-state index in [9.17, 15) is 0 Å². The maximum atomic E-state index is 5.95. The van der Waals surface area contributed by atoms with Crippen molar-refractivity contribution in [2.75, 3.05) is 6.61 Å². The first-order valence-corrected chi connectivity index (χ1v) is 11.5. The van der Waals surface area contributed by atoms with Crippen LogP contribution in [-0.4, -0.2) is 16.2 Å². The molecule has 0 aliphatic carbocycles. The largest absolute Gasteiger partial charge is 0.494 e. The highest BCUT2D eigenvalue weighted by atomic mass is 16.5. The number of rotatable bonds is 8. The summed E-state index contributed by atoms with van der Waals surface area (Å²) in [6.07, 6.45) is 1.73. The fourth-order valence-corrected chi connectivity index (χ4v) is 4.19. The monoisotopic (exact) mass is 432 g/mol. The van der Waals surface area contributed by atoms with Crippen LogP contribution in [-0.2, 0) is 13.0 Å². The molecule has 0 aliphatic rings.